The van der Waals surface area contributed by atoms with Crippen molar-refractivity contribution in [2.75, 3.05) is 0 Å². The Kier molecular flexibility index (Phi) is 15.2. The Hall–Kier alpha value is -12.1. The molecule has 0 bridgehead atoms. The molecule has 478 valence electrons. The summed E-state index contributed by atoms with van der Waals surface area (Å²) in [6.45, 7) is 13.6. The number of para-hydroxylation sites is 1. The van der Waals surface area contributed by atoms with Gasteiger partial charge in [-0.1, -0.05) is 308 Å². The summed E-state index contributed by atoms with van der Waals surface area (Å²) in [6, 6.07) is 125. The molecule has 4 nitrogen and oxygen atoms in total. The summed E-state index contributed by atoms with van der Waals surface area (Å²) < 4.78 is 2.29. The highest BCUT2D eigenvalue weighted by Gasteiger charge is 2.46. The fourth-order valence-corrected chi connectivity index (χ4v) is 15.2. The molecule has 17 rings (SSSR count). The summed E-state index contributed by atoms with van der Waals surface area (Å²) in [4.78, 5) is 17.1. The lowest BCUT2D eigenvalue weighted by Gasteiger charge is -2.34. The molecule has 0 fully saturated rings. The summed E-state index contributed by atoms with van der Waals surface area (Å²) in [5, 5.41) is 2.23. The van der Waals surface area contributed by atoms with Gasteiger partial charge in [0.15, 0.2) is 11.6 Å². The van der Waals surface area contributed by atoms with Crippen LogP contribution >= 0.6 is 0 Å². The lowest BCUT2D eigenvalue weighted by Crippen LogP contribution is -2.28. The van der Waals surface area contributed by atoms with Gasteiger partial charge in [0.1, 0.15) is 0 Å². The summed E-state index contributed by atoms with van der Waals surface area (Å²) in [6.07, 6.45) is 0. The van der Waals surface area contributed by atoms with Gasteiger partial charge in [0, 0.05) is 21.9 Å². The van der Waals surface area contributed by atoms with Crippen LogP contribution in [0.5, 0.6) is 0 Å². The van der Waals surface area contributed by atoms with E-state index in [4.69, 9.17) is 15.0 Å². The summed E-state index contributed by atoms with van der Waals surface area (Å²) in [5.41, 5.74) is 28.9. The maximum atomic E-state index is 5.72. The second kappa shape index (κ2) is 24.8. The fourth-order valence-electron chi connectivity index (χ4n) is 15.2. The van der Waals surface area contributed by atoms with Gasteiger partial charge in [-0.3, -0.25) is 4.57 Å². The van der Waals surface area contributed by atoms with Crippen LogP contribution in [0.4, 0.5) is 0 Å². The monoisotopic (exact) mass is 1280 g/mol. The Morgan fingerprint density at radius 3 is 1.06 bits per heavy atom. The molecular weight excluding hydrogens is 1210 g/mol. The Balaban J connectivity index is 0.878. The Bertz CT molecular complexity index is 5640. The predicted octanol–water partition coefficient (Wildman–Crippen LogP) is 24.9. The molecule has 4 heteroatoms. The van der Waals surface area contributed by atoms with Gasteiger partial charge < -0.3 is 0 Å². The van der Waals surface area contributed by atoms with Crippen molar-refractivity contribution in [3.05, 3.63) is 373 Å². The van der Waals surface area contributed by atoms with Gasteiger partial charge in [-0.05, 0) is 206 Å². The van der Waals surface area contributed by atoms with Gasteiger partial charge in [-0.25, -0.2) is 4.98 Å². The number of fused-ring (bicyclic) bond motifs is 6. The van der Waals surface area contributed by atoms with Crippen LogP contribution in [0.25, 0.3) is 140 Å². The average molecular weight is 1280 g/mol. The molecule has 0 saturated heterocycles. The van der Waals surface area contributed by atoms with Crippen LogP contribution in [0.3, 0.4) is 0 Å². The minimum absolute atomic E-state index is 0.0262. The van der Waals surface area contributed by atoms with Crippen LogP contribution in [-0.4, -0.2) is 19.5 Å². The van der Waals surface area contributed by atoms with Crippen LogP contribution in [-0.2, 0) is 16.2 Å². The molecule has 16 aromatic rings. The minimum Gasteiger partial charge on any atom is -0.278 e. The first kappa shape index (κ1) is 61.5. The molecule has 0 amide bonds. The van der Waals surface area contributed by atoms with E-state index < -0.39 is 5.41 Å². The quantitative estimate of drug-likeness (QED) is 0.122. The molecule has 0 unspecified atom stereocenters. The fraction of sp³-hybridized carbons (Fsp3) is 0.0938. The minimum atomic E-state index is -0.633. The Morgan fingerprint density at radius 2 is 0.590 bits per heavy atom. The second-order valence-corrected chi connectivity index (χ2v) is 28.8. The van der Waals surface area contributed by atoms with Crippen molar-refractivity contribution in [1.29, 1.82) is 0 Å². The molecule has 14 aromatic carbocycles. The van der Waals surface area contributed by atoms with Crippen molar-refractivity contribution in [2.45, 2.75) is 57.8 Å². The lowest BCUT2D eigenvalue weighted by molar-refractivity contribution is 0.590. The SMILES string of the molecule is CC(C)(C)c1ccc(-c2cc(-c3ccc(C(C)(C)C)cc3)cc(-c3cccc(-c4nc(-c5cccc(-c6cc(-c7ccccc7)cc(-c7cccc(-c8ccccc8)c7)c6)c5)nc(-n5c6ccccc6c6cc7c(cc65)C(c5ccccc5)(c5ccccc5)c5ccccc5-7)n4)c3)c2)cc1. The topological polar surface area (TPSA) is 43.6 Å². The molecule has 1 aliphatic carbocycles. The van der Waals surface area contributed by atoms with Crippen molar-refractivity contribution < 1.29 is 0 Å². The third-order valence-corrected chi connectivity index (χ3v) is 20.4. The van der Waals surface area contributed by atoms with E-state index >= 15 is 0 Å². The number of aromatic nitrogens is 4. The third kappa shape index (κ3) is 11.1. The Morgan fingerprint density at radius 1 is 0.240 bits per heavy atom. The van der Waals surface area contributed by atoms with E-state index in [1.807, 2.05) is 0 Å². The van der Waals surface area contributed by atoms with E-state index in [0.29, 0.717) is 17.6 Å². The van der Waals surface area contributed by atoms with E-state index in [1.54, 1.807) is 0 Å². The molecule has 100 heavy (non-hydrogen) atoms. The molecule has 1 aliphatic rings. The van der Waals surface area contributed by atoms with Crippen molar-refractivity contribution >= 4 is 21.8 Å². The third-order valence-electron chi connectivity index (χ3n) is 20.4. The zero-order valence-electron chi connectivity index (χ0n) is 57.1. The van der Waals surface area contributed by atoms with Gasteiger partial charge >= 0.3 is 0 Å². The van der Waals surface area contributed by atoms with Gasteiger partial charge in [-0.2, -0.15) is 9.97 Å². The molecule has 0 radical (unpaired) electrons. The first-order valence-electron chi connectivity index (χ1n) is 34.8. The first-order valence-corrected chi connectivity index (χ1v) is 34.8. The highest BCUT2D eigenvalue weighted by atomic mass is 15.2. The zero-order valence-corrected chi connectivity index (χ0v) is 57.1. The molecular formula is C96H74N4. The molecule has 2 aromatic heterocycles. The second-order valence-electron chi connectivity index (χ2n) is 28.8. The number of hydrogen-bond donors (Lipinski definition) is 0. The van der Waals surface area contributed by atoms with E-state index in [0.717, 1.165) is 88.6 Å². The standard InChI is InChI=1S/C96H74N4/c1-94(2,3)79-48-44-65(45-49-79)74-55-75(66-46-50-80(51-47-66)95(4,5)6)59-76(58-74)69-32-24-34-71(53-69)91-97-92(72-35-25-33-70(54-72)78-57-73(64-28-13-8-14-29-64)56-77(60-78)68-31-23-30-67(52-68)63-26-11-7-12-27-63)99-93(98-91)100-89-43-22-20-41-84(89)86-61-85-83-40-19-21-42-87(83)96(88(85)62-90(86)100,81-36-15-9-16-37-81)82-38-17-10-18-39-82/h7-62H,1-6H3. The number of benzene rings is 14. The molecule has 0 spiro atoms. The highest BCUT2D eigenvalue weighted by molar-refractivity contribution is 6.12. The highest BCUT2D eigenvalue weighted by Crippen LogP contribution is 2.57. The predicted molar refractivity (Wildman–Crippen MR) is 418 cm³/mol. The molecule has 0 atom stereocenters. The number of nitrogens with zero attached hydrogens (tertiary/aromatic N) is 4. The number of hydrogen-bond acceptors (Lipinski definition) is 3. The van der Waals surface area contributed by atoms with Crippen LogP contribution in [0.2, 0.25) is 0 Å². The van der Waals surface area contributed by atoms with E-state index in [9.17, 15) is 0 Å². The molecule has 0 saturated carbocycles. The maximum absolute atomic E-state index is 5.72. The van der Waals surface area contributed by atoms with E-state index in [-0.39, 0.29) is 10.8 Å². The smallest absolute Gasteiger partial charge is 0.238 e. The molecule has 0 aliphatic heterocycles. The average Bonchev–Trinajstić information content (AvgIpc) is 1.52. The van der Waals surface area contributed by atoms with Crippen LogP contribution in [0.15, 0.2) is 340 Å². The lowest BCUT2D eigenvalue weighted by atomic mass is 9.67. The van der Waals surface area contributed by atoms with Crippen LogP contribution in [0.1, 0.15) is 74.9 Å². The van der Waals surface area contributed by atoms with Gasteiger partial charge in [0.05, 0.1) is 16.4 Å². The van der Waals surface area contributed by atoms with E-state index in [1.165, 1.54) is 66.8 Å². The van der Waals surface area contributed by atoms with Crippen molar-refractivity contribution in [2.24, 2.45) is 0 Å². The summed E-state index contributed by atoms with van der Waals surface area (Å²) in [7, 11) is 0. The largest absolute Gasteiger partial charge is 0.278 e. The van der Waals surface area contributed by atoms with Crippen molar-refractivity contribution in [3.63, 3.8) is 0 Å². The molecule has 0 N–H and O–H groups in total. The molecule has 2 heterocycles. The maximum Gasteiger partial charge on any atom is 0.238 e. The first-order chi connectivity index (χ1) is 48.8. The summed E-state index contributed by atoms with van der Waals surface area (Å²) >= 11 is 0. The normalized spacial score (nSPS) is 12.6. The van der Waals surface area contributed by atoms with Gasteiger partial charge in [-0.15, -0.1) is 0 Å². The zero-order chi connectivity index (χ0) is 67.7. The van der Waals surface area contributed by atoms with Gasteiger partial charge in [0.2, 0.25) is 5.95 Å². The Labute approximate surface area is 586 Å². The van der Waals surface area contributed by atoms with Gasteiger partial charge in [0.25, 0.3) is 0 Å². The van der Waals surface area contributed by atoms with Crippen LogP contribution in [0, 0.1) is 0 Å². The van der Waals surface area contributed by atoms with Crippen molar-refractivity contribution in [1.82, 2.24) is 19.5 Å². The number of rotatable bonds is 12. The summed E-state index contributed by atoms with van der Waals surface area (Å²) in [5.74, 6) is 1.65. The van der Waals surface area contributed by atoms with E-state index in [2.05, 4.69) is 386 Å². The van der Waals surface area contributed by atoms with Crippen LogP contribution < -0.4 is 0 Å². The van der Waals surface area contributed by atoms with Crippen molar-refractivity contribution in [3.8, 4) is 118 Å².